The Morgan fingerprint density at radius 1 is 1.08 bits per heavy atom. The minimum Gasteiger partial charge on any atom is -0.451 e. The van der Waals surface area contributed by atoms with Gasteiger partial charge in [0.15, 0.2) is 5.76 Å². The highest BCUT2D eigenvalue weighted by atomic mass is 79.9. The summed E-state index contributed by atoms with van der Waals surface area (Å²) in [6.07, 6.45) is 0. The summed E-state index contributed by atoms with van der Waals surface area (Å²) in [7, 11) is 0. The predicted molar refractivity (Wildman–Crippen MR) is 102 cm³/mol. The molecule has 0 saturated heterocycles. The maximum absolute atomic E-state index is 12.6. The van der Waals surface area contributed by atoms with Gasteiger partial charge in [-0.1, -0.05) is 48.8 Å². The number of halogens is 1. The summed E-state index contributed by atoms with van der Waals surface area (Å²) in [4.78, 5) is 12.6. The number of amides is 1. The predicted octanol–water partition coefficient (Wildman–Crippen LogP) is 6.05. The average Bonchev–Trinajstić information content (AvgIpc) is 2.84. The highest BCUT2D eigenvalue weighted by Gasteiger charge is 2.18. The lowest BCUT2D eigenvalue weighted by atomic mass is 9.87. The summed E-state index contributed by atoms with van der Waals surface area (Å²) >= 11 is 3.45. The molecule has 0 aliphatic rings. The maximum Gasteiger partial charge on any atom is 0.291 e. The minimum absolute atomic E-state index is 0.0885. The summed E-state index contributed by atoms with van der Waals surface area (Å²) in [5.74, 6) is 0.117. The molecule has 2 aromatic carbocycles. The van der Waals surface area contributed by atoms with Gasteiger partial charge in [0.2, 0.25) is 0 Å². The molecule has 3 aromatic rings. The van der Waals surface area contributed by atoms with E-state index in [9.17, 15) is 4.79 Å². The van der Waals surface area contributed by atoms with Crippen molar-refractivity contribution in [1.82, 2.24) is 0 Å². The molecule has 0 unspecified atom stereocenters. The van der Waals surface area contributed by atoms with E-state index in [1.807, 2.05) is 49.4 Å². The van der Waals surface area contributed by atoms with Gasteiger partial charge in [-0.15, -0.1) is 0 Å². The normalized spacial score (nSPS) is 11.7. The van der Waals surface area contributed by atoms with E-state index in [1.165, 1.54) is 5.56 Å². The quantitative estimate of drug-likeness (QED) is 0.582. The topological polar surface area (TPSA) is 42.2 Å². The van der Waals surface area contributed by atoms with Crippen LogP contribution in [0.5, 0.6) is 0 Å². The molecular weight excluding hydrogens is 366 g/mol. The van der Waals surface area contributed by atoms with Crippen LogP contribution in [0, 0.1) is 6.92 Å². The van der Waals surface area contributed by atoms with E-state index in [-0.39, 0.29) is 11.3 Å². The zero-order valence-electron chi connectivity index (χ0n) is 14.2. The standard InChI is InChI=1S/C20H20BrNO2/c1-12-16-11-14(21)7-10-17(16)24-18(12)19(23)22-15-8-5-13(6-9-15)20(2,3)4/h5-11H,1-4H3,(H,22,23). The molecule has 3 rings (SSSR count). The largest absolute Gasteiger partial charge is 0.451 e. The van der Waals surface area contributed by atoms with Gasteiger partial charge in [0, 0.05) is 21.1 Å². The van der Waals surface area contributed by atoms with Gasteiger partial charge in [0.25, 0.3) is 5.91 Å². The van der Waals surface area contributed by atoms with E-state index in [0.29, 0.717) is 11.3 Å². The zero-order valence-corrected chi connectivity index (χ0v) is 15.8. The Morgan fingerprint density at radius 2 is 1.75 bits per heavy atom. The summed E-state index contributed by atoms with van der Waals surface area (Å²) < 4.78 is 6.69. The zero-order chi connectivity index (χ0) is 17.5. The fourth-order valence-corrected chi connectivity index (χ4v) is 3.01. The Balaban J connectivity index is 1.86. The fraction of sp³-hybridized carbons (Fsp3) is 0.250. The summed E-state index contributed by atoms with van der Waals surface area (Å²) in [6, 6.07) is 13.7. The number of benzene rings is 2. The van der Waals surface area contributed by atoms with Gasteiger partial charge in [-0.3, -0.25) is 4.79 Å². The molecule has 0 spiro atoms. The van der Waals surface area contributed by atoms with E-state index in [1.54, 1.807) is 0 Å². The molecule has 4 heteroatoms. The number of fused-ring (bicyclic) bond motifs is 1. The second-order valence-electron chi connectivity index (χ2n) is 6.98. The summed E-state index contributed by atoms with van der Waals surface area (Å²) in [6.45, 7) is 8.39. The lowest BCUT2D eigenvalue weighted by Crippen LogP contribution is -2.13. The molecule has 1 amide bonds. The van der Waals surface area contributed by atoms with Crippen molar-refractivity contribution in [2.45, 2.75) is 33.1 Å². The lowest BCUT2D eigenvalue weighted by molar-refractivity contribution is 0.0998. The Morgan fingerprint density at radius 3 is 2.38 bits per heavy atom. The second-order valence-corrected chi connectivity index (χ2v) is 7.89. The lowest BCUT2D eigenvalue weighted by Gasteiger charge is -2.19. The van der Waals surface area contributed by atoms with Gasteiger partial charge < -0.3 is 9.73 Å². The number of furan rings is 1. The van der Waals surface area contributed by atoms with Crippen LogP contribution in [0.25, 0.3) is 11.0 Å². The molecule has 0 atom stereocenters. The van der Waals surface area contributed by atoms with Crippen molar-refractivity contribution in [2.75, 3.05) is 5.32 Å². The first-order valence-corrected chi connectivity index (χ1v) is 8.65. The van der Waals surface area contributed by atoms with Crippen LogP contribution in [-0.2, 0) is 5.41 Å². The van der Waals surface area contributed by atoms with Gasteiger partial charge in [-0.05, 0) is 48.2 Å². The van der Waals surface area contributed by atoms with Crippen LogP contribution in [0.3, 0.4) is 0 Å². The van der Waals surface area contributed by atoms with E-state index >= 15 is 0 Å². The third kappa shape index (κ3) is 3.24. The molecule has 0 fully saturated rings. The van der Waals surface area contributed by atoms with E-state index < -0.39 is 0 Å². The second kappa shape index (κ2) is 6.10. The van der Waals surface area contributed by atoms with E-state index in [2.05, 4.69) is 42.0 Å². The SMILES string of the molecule is Cc1c(C(=O)Nc2ccc(C(C)(C)C)cc2)oc2ccc(Br)cc12. The first-order chi connectivity index (χ1) is 11.3. The molecule has 24 heavy (non-hydrogen) atoms. The van der Waals surface area contributed by atoms with Crippen molar-refractivity contribution in [3.8, 4) is 0 Å². The Bertz CT molecular complexity index is 902. The Labute approximate surface area is 150 Å². The van der Waals surface area contributed by atoms with Crippen molar-refractivity contribution in [3.05, 3.63) is 63.8 Å². The minimum atomic E-state index is -0.233. The molecule has 1 heterocycles. The number of carbonyl (C=O) groups excluding carboxylic acids is 1. The van der Waals surface area contributed by atoms with Gasteiger partial charge in [-0.2, -0.15) is 0 Å². The molecule has 0 bridgehead atoms. The molecular formula is C20H20BrNO2. The van der Waals surface area contributed by atoms with Crippen LogP contribution >= 0.6 is 15.9 Å². The van der Waals surface area contributed by atoms with Crippen LogP contribution in [0.15, 0.2) is 51.4 Å². The molecule has 1 N–H and O–H groups in total. The molecule has 0 aliphatic heterocycles. The van der Waals surface area contributed by atoms with Gasteiger partial charge in [-0.25, -0.2) is 0 Å². The highest BCUT2D eigenvalue weighted by Crippen LogP contribution is 2.29. The number of hydrogen-bond donors (Lipinski definition) is 1. The summed E-state index contributed by atoms with van der Waals surface area (Å²) in [5, 5.41) is 3.85. The van der Waals surface area contributed by atoms with Gasteiger partial charge in [0.05, 0.1) is 0 Å². The third-order valence-electron chi connectivity index (χ3n) is 4.11. The smallest absolute Gasteiger partial charge is 0.291 e. The van der Waals surface area contributed by atoms with Crippen LogP contribution in [-0.4, -0.2) is 5.91 Å². The number of hydrogen-bond acceptors (Lipinski definition) is 2. The van der Waals surface area contributed by atoms with Crippen molar-refractivity contribution in [3.63, 3.8) is 0 Å². The monoisotopic (exact) mass is 385 g/mol. The summed E-state index contributed by atoms with van der Waals surface area (Å²) in [5.41, 5.74) is 3.63. The van der Waals surface area contributed by atoms with Crippen LogP contribution in [0.1, 0.15) is 42.5 Å². The number of aryl methyl sites for hydroxylation is 1. The molecule has 1 aromatic heterocycles. The Hall–Kier alpha value is -2.07. The van der Waals surface area contributed by atoms with Crippen molar-refractivity contribution >= 4 is 38.5 Å². The van der Waals surface area contributed by atoms with Gasteiger partial charge >= 0.3 is 0 Å². The fourth-order valence-electron chi connectivity index (χ4n) is 2.65. The van der Waals surface area contributed by atoms with Crippen molar-refractivity contribution in [2.24, 2.45) is 0 Å². The molecule has 0 aliphatic carbocycles. The first-order valence-electron chi connectivity index (χ1n) is 7.86. The molecule has 124 valence electrons. The number of carbonyl (C=O) groups is 1. The highest BCUT2D eigenvalue weighted by molar-refractivity contribution is 9.10. The van der Waals surface area contributed by atoms with Crippen LogP contribution < -0.4 is 5.32 Å². The number of nitrogens with one attached hydrogen (secondary N) is 1. The average molecular weight is 386 g/mol. The van der Waals surface area contributed by atoms with E-state index in [4.69, 9.17) is 4.42 Å². The maximum atomic E-state index is 12.6. The molecule has 0 radical (unpaired) electrons. The van der Waals surface area contributed by atoms with Crippen molar-refractivity contribution < 1.29 is 9.21 Å². The van der Waals surface area contributed by atoms with Crippen LogP contribution in [0.2, 0.25) is 0 Å². The van der Waals surface area contributed by atoms with E-state index in [0.717, 1.165) is 21.1 Å². The van der Waals surface area contributed by atoms with Crippen molar-refractivity contribution in [1.29, 1.82) is 0 Å². The van der Waals surface area contributed by atoms with Gasteiger partial charge in [0.1, 0.15) is 5.58 Å². The first kappa shape index (κ1) is 16.8. The molecule has 0 saturated carbocycles. The molecule has 3 nitrogen and oxygen atoms in total. The number of rotatable bonds is 2. The third-order valence-corrected chi connectivity index (χ3v) is 4.61. The van der Waals surface area contributed by atoms with Crippen LogP contribution in [0.4, 0.5) is 5.69 Å². The Kier molecular flexibility index (Phi) is 4.26. The number of anilines is 1.